The van der Waals surface area contributed by atoms with E-state index >= 15 is 0 Å². The molecular weight excluding hydrogens is 280 g/mol. The fraction of sp³-hybridized carbons (Fsp3) is 0.0769. The summed E-state index contributed by atoms with van der Waals surface area (Å²) in [5, 5.41) is 7.44. The molecule has 0 aliphatic heterocycles. The van der Waals surface area contributed by atoms with E-state index in [1.165, 1.54) is 17.0 Å². The van der Waals surface area contributed by atoms with Gasteiger partial charge in [-0.25, -0.2) is 13.8 Å². The molecule has 0 saturated carbocycles. The third-order valence-corrected chi connectivity index (χ3v) is 2.89. The van der Waals surface area contributed by atoms with E-state index in [1.54, 1.807) is 6.08 Å². The molecule has 0 fully saturated rings. The molecule has 2 heterocycles. The Hall–Kier alpha value is -2.90. The van der Waals surface area contributed by atoms with E-state index in [-0.39, 0.29) is 23.4 Å². The Morgan fingerprint density at radius 3 is 2.86 bits per heavy atom. The van der Waals surface area contributed by atoms with Crippen LogP contribution < -0.4 is 5.56 Å². The lowest BCUT2D eigenvalue weighted by Crippen LogP contribution is -2.20. The van der Waals surface area contributed by atoms with Gasteiger partial charge in [0.1, 0.15) is 17.8 Å². The summed E-state index contributed by atoms with van der Waals surface area (Å²) in [6.07, 6.45) is 2.84. The summed E-state index contributed by atoms with van der Waals surface area (Å²) in [5.74, 6) is -1.53. The van der Waals surface area contributed by atoms with Gasteiger partial charge in [0.05, 0.1) is 0 Å². The second-order valence-corrected chi connectivity index (χ2v) is 4.26. The average molecular weight is 289 g/mol. The number of allylic oxidation sites excluding steroid dienone is 1. The molecule has 0 amide bonds. The molecule has 8 heteroatoms. The Kier molecular flexibility index (Phi) is 3.05. The maximum atomic E-state index is 13.8. The average Bonchev–Trinajstić information content (AvgIpc) is 2.87. The van der Waals surface area contributed by atoms with Crippen molar-refractivity contribution in [2.75, 3.05) is 0 Å². The van der Waals surface area contributed by atoms with Gasteiger partial charge >= 0.3 is 0 Å². The number of nitrogens with zero attached hydrogens (tertiary/aromatic N) is 5. The van der Waals surface area contributed by atoms with Crippen molar-refractivity contribution in [3.63, 3.8) is 0 Å². The fourth-order valence-corrected chi connectivity index (χ4v) is 1.93. The van der Waals surface area contributed by atoms with Gasteiger partial charge in [-0.05, 0) is 12.1 Å². The van der Waals surface area contributed by atoms with Crippen LogP contribution in [0, 0.1) is 11.6 Å². The van der Waals surface area contributed by atoms with E-state index in [1.807, 2.05) is 0 Å². The van der Waals surface area contributed by atoms with E-state index in [0.29, 0.717) is 0 Å². The molecule has 21 heavy (non-hydrogen) atoms. The molecule has 3 aromatic rings. The highest BCUT2D eigenvalue weighted by Gasteiger charge is 2.15. The molecule has 0 aliphatic rings. The van der Waals surface area contributed by atoms with Crippen molar-refractivity contribution < 1.29 is 8.78 Å². The Labute approximate surface area is 117 Å². The molecule has 0 bridgehead atoms. The zero-order valence-electron chi connectivity index (χ0n) is 10.7. The van der Waals surface area contributed by atoms with Crippen molar-refractivity contribution in [3.8, 4) is 5.69 Å². The van der Waals surface area contributed by atoms with Gasteiger partial charge in [0, 0.05) is 12.6 Å². The summed E-state index contributed by atoms with van der Waals surface area (Å²) in [6.45, 7) is 3.81. The van der Waals surface area contributed by atoms with Crippen LogP contribution in [0.5, 0.6) is 0 Å². The number of fused-ring (bicyclic) bond motifs is 1. The molecule has 0 radical (unpaired) electrons. The minimum Gasteiger partial charge on any atom is -0.293 e. The highest BCUT2D eigenvalue weighted by molar-refractivity contribution is 5.70. The Morgan fingerprint density at radius 2 is 2.14 bits per heavy atom. The second kappa shape index (κ2) is 4.89. The van der Waals surface area contributed by atoms with Crippen LogP contribution in [0.4, 0.5) is 8.78 Å². The van der Waals surface area contributed by atoms with Crippen molar-refractivity contribution >= 4 is 11.2 Å². The molecular formula is C13H9F2N5O. The molecule has 0 spiro atoms. The van der Waals surface area contributed by atoms with Crippen LogP contribution in [0.2, 0.25) is 0 Å². The van der Waals surface area contributed by atoms with Crippen molar-refractivity contribution in [2.24, 2.45) is 0 Å². The number of aromatic nitrogens is 5. The molecule has 0 saturated heterocycles. The van der Waals surface area contributed by atoms with E-state index in [0.717, 1.165) is 16.8 Å². The van der Waals surface area contributed by atoms with Gasteiger partial charge in [0.25, 0.3) is 5.56 Å². The smallest absolute Gasteiger partial charge is 0.283 e. The molecule has 106 valence electrons. The van der Waals surface area contributed by atoms with Crippen LogP contribution in [0.3, 0.4) is 0 Å². The lowest BCUT2D eigenvalue weighted by Gasteiger charge is -2.04. The number of hydrogen-bond acceptors (Lipinski definition) is 4. The maximum absolute atomic E-state index is 13.8. The van der Waals surface area contributed by atoms with Crippen molar-refractivity contribution in [1.82, 2.24) is 24.5 Å². The number of halogens is 2. The van der Waals surface area contributed by atoms with Crippen LogP contribution in [-0.4, -0.2) is 24.5 Å². The molecule has 0 unspecified atom stereocenters. The lowest BCUT2D eigenvalue weighted by molar-refractivity contribution is 0.573. The van der Waals surface area contributed by atoms with Gasteiger partial charge < -0.3 is 0 Å². The number of hydrogen-bond donors (Lipinski definition) is 0. The predicted molar refractivity (Wildman–Crippen MR) is 71.0 cm³/mol. The predicted octanol–water partition coefficient (Wildman–Crippen LogP) is 1.44. The highest BCUT2D eigenvalue weighted by atomic mass is 19.1. The third-order valence-electron chi connectivity index (χ3n) is 2.89. The zero-order chi connectivity index (χ0) is 15.0. The summed E-state index contributed by atoms with van der Waals surface area (Å²) < 4.78 is 29.1. The topological polar surface area (TPSA) is 65.6 Å². The minimum absolute atomic E-state index is 0.00285. The molecule has 0 aliphatic carbocycles. The normalized spacial score (nSPS) is 11.0. The molecule has 2 aromatic heterocycles. The second-order valence-electron chi connectivity index (χ2n) is 4.26. The van der Waals surface area contributed by atoms with Crippen LogP contribution in [0.15, 0.2) is 42.0 Å². The van der Waals surface area contributed by atoms with Crippen LogP contribution in [0.25, 0.3) is 16.9 Å². The van der Waals surface area contributed by atoms with Crippen molar-refractivity contribution in [2.45, 2.75) is 6.54 Å². The number of benzene rings is 1. The van der Waals surface area contributed by atoms with Gasteiger partial charge in [-0.15, -0.1) is 11.7 Å². The lowest BCUT2D eigenvalue weighted by atomic mass is 10.3. The first-order valence-electron chi connectivity index (χ1n) is 5.99. The summed E-state index contributed by atoms with van der Waals surface area (Å²) in [6, 6.07) is 3.02. The first kappa shape index (κ1) is 13.1. The first-order valence-corrected chi connectivity index (χ1v) is 5.99. The molecule has 1 aromatic carbocycles. The van der Waals surface area contributed by atoms with E-state index < -0.39 is 17.2 Å². The first-order chi connectivity index (χ1) is 10.1. The molecule has 0 atom stereocenters. The standard InChI is InChI=1S/C13H9F2N5O/c1-2-5-19-7-16-12-11(13(19)21)17-18-20(12)10-4-3-8(14)6-9(10)15/h2-4,6-7H,1,5H2. The van der Waals surface area contributed by atoms with Crippen LogP contribution in [0.1, 0.15) is 0 Å². The summed E-state index contributed by atoms with van der Waals surface area (Å²) in [4.78, 5) is 16.2. The fourth-order valence-electron chi connectivity index (χ4n) is 1.93. The SMILES string of the molecule is C=CCn1cnc2c(nnn2-c2ccc(F)cc2F)c1=O. The zero-order valence-corrected chi connectivity index (χ0v) is 10.7. The van der Waals surface area contributed by atoms with E-state index in [2.05, 4.69) is 21.9 Å². The largest absolute Gasteiger partial charge is 0.293 e. The highest BCUT2D eigenvalue weighted by Crippen LogP contribution is 2.16. The van der Waals surface area contributed by atoms with Gasteiger partial charge in [-0.2, -0.15) is 4.68 Å². The van der Waals surface area contributed by atoms with Gasteiger partial charge in [0.2, 0.25) is 0 Å². The summed E-state index contributed by atoms with van der Waals surface area (Å²) in [7, 11) is 0. The molecule has 3 rings (SSSR count). The van der Waals surface area contributed by atoms with Crippen molar-refractivity contribution in [3.05, 3.63) is 59.2 Å². The molecule has 0 N–H and O–H groups in total. The van der Waals surface area contributed by atoms with Gasteiger partial charge in [0.15, 0.2) is 17.0 Å². The Bertz CT molecular complexity index is 899. The Morgan fingerprint density at radius 1 is 1.33 bits per heavy atom. The van der Waals surface area contributed by atoms with Crippen LogP contribution >= 0.6 is 0 Å². The van der Waals surface area contributed by atoms with Crippen LogP contribution in [-0.2, 0) is 6.54 Å². The third kappa shape index (κ3) is 2.10. The molecule has 6 nitrogen and oxygen atoms in total. The monoisotopic (exact) mass is 289 g/mol. The van der Waals surface area contributed by atoms with Gasteiger partial charge in [-0.1, -0.05) is 11.3 Å². The Balaban J connectivity index is 2.23. The quantitative estimate of drug-likeness (QED) is 0.684. The maximum Gasteiger partial charge on any atom is 0.283 e. The minimum atomic E-state index is -0.820. The number of rotatable bonds is 3. The summed E-state index contributed by atoms with van der Waals surface area (Å²) >= 11 is 0. The summed E-state index contributed by atoms with van der Waals surface area (Å²) in [5.41, 5.74) is -0.338. The van der Waals surface area contributed by atoms with Gasteiger partial charge in [-0.3, -0.25) is 9.36 Å². The van der Waals surface area contributed by atoms with E-state index in [4.69, 9.17) is 0 Å². The van der Waals surface area contributed by atoms with Crippen molar-refractivity contribution in [1.29, 1.82) is 0 Å². The van der Waals surface area contributed by atoms with E-state index in [9.17, 15) is 13.6 Å².